The van der Waals surface area contributed by atoms with Crippen molar-refractivity contribution in [2.24, 2.45) is 0 Å². The molecule has 23 heavy (non-hydrogen) atoms. The third-order valence-electron chi connectivity index (χ3n) is 3.05. The Labute approximate surface area is 137 Å². The molecule has 0 saturated carbocycles. The van der Waals surface area contributed by atoms with Gasteiger partial charge in [0, 0.05) is 48.2 Å². The maximum atomic E-state index is 12.2. The maximum absolute atomic E-state index is 12.2. The van der Waals surface area contributed by atoms with Gasteiger partial charge in [0.25, 0.3) is 5.91 Å². The smallest absolute Gasteiger partial charge is 0.251 e. The summed E-state index contributed by atoms with van der Waals surface area (Å²) < 4.78 is 0. The molecule has 0 unspecified atom stereocenters. The molecule has 0 spiro atoms. The summed E-state index contributed by atoms with van der Waals surface area (Å²) in [7, 11) is 0. The molecule has 7 heteroatoms. The van der Waals surface area contributed by atoms with Crippen LogP contribution in [0.3, 0.4) is 0 Å². The zero-order chi connectivity index (χ0) is 15.9. The van der Waals surface area contributed by atoms with Crippen molar-refractivity contribution in [1.82, 2.24) is 20.3 Å². The van der Waals surface area contributed by atoms with Gasteiger partial charge in [-0.3, -0.25) is 4.79 Å². The molecular weight excluding hydrogens is 310 g/mol. The number of anilines is 2. The Bertz CT molecular complexity index is 761. The molecule has 1 amide bonds. The number of hydrogen-bond acceptors (Lipinski definition) is 6. The van der Waals surface area contributed by atoms with Gasteiger partial charge >= 0.3 is 0 Å². The van der Waals surface area contributed by atoms with Crippen molar-refractivity contribution in [1.29, 1.82) is 0 Å². The van der Waals surface area contributed by atoms with Gasteiger partial charge in [-0.25, -0.2) is 15.0 Å². The quantitative estimate of drug-likeness (QED) is 0.728. The van der Waals surface area contributed by atoms with Crippen LogP contribution in [0.2, 0.25) is 0 Å². The Morgan fingerprint density at radius 2 is 1.96 bits per heavy atom. The topological polar surface area (TPSA) is 79.8 Å². The van der Waals surface area contributed by atoms with Gasteiger partial charge in [-0.1, -0.05) is 6.07 Å². The standard InChI is InChI=1S/C16H15N5OS/c22-15(18-8-5-14-17-9-10-23-14)12-3-1-4-13(11-12)21-16-19-6-2-7-20-16/h1-4,6-7,9-11H,5,8H2,(H,18,22)(H,19,20,21). The summed E-state index contributed by atoms with van der Waals surface area (Å²) in [5.41, 5.74) is 1.36. The average Bonchev–Trinajstić information content (AvgIpc) is 3.09. The fourth-order valence-corrected chi connectivity index (χ4v) is 2.61. The first-order valence-corrected chi connectivity index (χ1v) is 8.00. The lowest BCUT2D eigenvalue weighted by Crippen LogP contribution is -2.25. The van der Waals surface area contributed by atoms with Crippen molar-refractivity contribution >= 4 is 28.9 Å². The number of carbonyl (C=O) groups is 1. The van der Waals surface area contributed by atoms with Gasteiger partial charge < -0.3 is 10.6 Å². The minimum atomic E-state index is -0.112. The van der Waals surface area contributed by atoms with E-state index in [9.17, 15) is 4.79 Å². The normalized spacial score (nSPS) is 10.3. The molecule has 0 atom stereocenters. The molecule has 0 aliphatic heterocycles. The van der Waals surface area contributed by atoms with Crippen LogP contribution in [0.4, 0.5) is 11.6 Å². The summed E-state index contributed by atoms with van der Waals surface area (Å²) in [5.74, 6) is 0.382. The first-order chi connectivity index (χ1) is 11.3. The average molecular weight is 325 g/mol. The lowest BCUT2D eigenvalue weighted by molar-refractivity contribution is 0.0954. The molecular formula is C16H15N5OS. The Morgan fingerprint density at radius 1 is 1.09 bits per heavy atom. The van der Waals surface area contributed by atoms with Crippen molar-refractivity contribution in [3.05, 3.63) is 64.9 Å². The Morgan fingerprint density at radius 3 is 2.74 bits per heavy atom. The highest BCUT2D eigenvalue weighted by atomic mass is 32.1. The minimum absolute atomic E-state index is 0.112. The zero-order valence-electron chi connectivity index (χ0n) is 12.3. The monoisotopic (exact) mass is 325 g/mol. The van der Waals surface area contributed by atoms with Crippen molar-refractivity contribution in [3.8, 4) is 0 Å². The number of benzene rings is 1. The van der Waals surface area contributed by atoms with Crippen LogP contribution in [0.15, 0.2) is 54.3 Å². The first kappa shape index (κ1) is 15.1. The van der Waals surface area contributed by atoms with Crippen molar-refractivity contribution in [2.45, 2.75) is 6.42 Å². The van der Waals surface area contributed by atoms with E-state index in [1.165, 1.54) is 0 Å². The maximum Gasteiger partial charge on any atom is 0.251 e. The van der Waals surface area contributed by atoms with Crippen molar-refractivity contribution in [3.63, 3.8) is 0 Å². The van der Waals surface area contributed by atoms with E-state index in [-0.39, 0.29) is 5.91 Å². The second-order valence-corrected chi connectivity index (χ2v) is 5.69. The SMILES string of the molecule is O=C(NCCc1nccs1)c1cccc(Nc2ncccn2)c1. The molecule has 3 aromatic rings. The van der Waals surface area contributed by atoms with Crippen LogP contribution in [0.5, 0.6) is 0 Å². The molecule has 0 aliphatic rings. The molecule has 1 aromatic carbocycles. The fourth-order valence-electron chi connectivity index (χ4n) is 1.99. The van der Waals surface area contributed by atoms with Crippen LogP contribution in [0, 0.1) is 0 Å². The molecule has 0 fully saturated rings. The summed E-state index contributed by atoms with van der Waals surface area (Å²) in [6, 6.07) is 8.98. The predicted molar refractivity (Wildman–Crippen MR) is 89.9 cm³/mol. The Kier molecular flexibility index (Phi) is 4.90. The fraction of sp³-hybridized carbons (Fsp3) is 0.125. The van der Waals surface area contributed by atoms with Gasteiger partial charge in [-0.2, -0.15) is 0 Å². The molecule has 2 N–H and O–H groups in total. The van der Waals surface area contributed by atoms with E-state index in [0.29, 0.717) is 18.1 Å². The third-order valence-corrected chi connectivity index (χ3v) is 3.89. The molecule has 2 heterocycles. The lowest BCUT2D eigenvalue weighted by Gasteiger charge is -2.07. The summed E-state index contributed by atoms with van der Waals surface area (Å²) in [5, 5.41) is 8.91. The number of amides is 1. The predicted octanol–water partition coefficient (Wildman–Crippen LogP) is 2.65. The summed E-state index contributed by atoms with van der Waals surface area (Å²) in [6.07, 6.45) is 5.82. The van der Waals surface area contributed by atoms with Gasteiger partial charge in [0.1, 0.15) is 0 Å². The van der Waals surface area contributed by atoms with Crippen LogP contribution < -0.4 is 10.6 Å². The number of hydrogen-bond donors (Lipinski definition) is 2. The molecule has 0 aliphatic carbocycles. The first-order valence-electron chi connectivity index (χ1n) is 7.12. The summed E-state index contributed by atoms with van der Waals surface area (Å²) in [4.78, 5) is 24.6. The third kappa shape index (κ3) is 4.33. The van der Waals surface area contributed by atoms with Crippen LogP contribution in [-0.2, 0) is 6.42 Å². The van der Waals surface area contributed by atoms with E-state index in [1.54, 1.807) is 48.1 Å². The summed E-state index contributed by atoms with van der Waals surface area (Å²) >= 11 is 1.59. The van der Waals surface area contributed by atoms with Crippen LogP contribution in [0.1, 0.15) is 15.4 Å². The second kappa shape index (κ2) is 7.46. The highest BCUT2D eigenvalue weighted by Gasteiger charge is 2.07. The van der Waals surface area contributed by atoms with E-state index in [2.05, 4.69) is 25.6 Å². The molecule has 116 valence electrons. The van der Waals surface area contributed by atoms with Gasteiger partial charge in [-0.15, -0.1) is 11.3 Å². The van der Waals surface area contributed by atoms with Gasteiger partial charge in [0.05, 0.1) is 5.01 Å². The highest BCUT2D eigenvalue weighted by Crippen LogP contribution is 2.14. The van der Waals surface area contributed by atoms with E-state index < -0.39 is 0 Å². The van der Waals surface area contributed by atoms with E-state index in [0.717, 1.165) is 17.1 Å². The van der Waals surface area contributed by atoms with E-state index >= 15 is 0 Å². The minimum Gasteiger partial charge on any atom is -0.352 e. The van der Waals surface area contributed by atoms with Crippen LogP contribution in [0.25, 0.3) is 0 Å². The molecule has 3 rings (SSSR count). The number of nitrogens with one attached hydrogen (secondary N) is 2. The largest absolute Gasteiger partial charge is 0.352 e. The number of thiazole rings is 1. The molecule has 0 saturated heterocycles. The van der Waals surface area contributed by atoms with Crippen molar-refractivity contribution < 1.29 is 4.79 Å². The highest BCUT2D eigenvalue weighted by molar-refractivity contribution is 7.09. The Hall–Kier alpha value is -2.80. The number of rotatable bonds is 6. The van der Waals surface area contributed by atoms with Gasteiger partial charge in [0.2, 0.25) is 5.95 Å². The Balaban J connectivity index is 1.59. The summed E-state index contributed by atoms with van der Waals surface area (Å²) in [6.45, 7) is 0.561. The van der Waals surface area contributed by atoms with Gasteiger partial charge in [0.15, 0.2) is 0 Å². The van der Waals surface area contributed by atoms with E-state index in [4.69, 9.17) is 0 Å². The molecule has 6 nitrogen and oxygen atoms in total. The molecule has 0 radical (unpaired) electrons. The zero-order valence-corrected chi connectivity index (χ0v) is 13.1. The van der Waals surface area contributed by atoms with Crippen LogP contribution in [-0.4, -0.2) is 27.4 Å². The number of nitrogens with zero attached hydrogens (tertiary/aromatic N) is 3. The van der Waals surface area contributed by atoms with Gasteiger partial charge in [-0.05, 0) is 24.3 Å². The lowest BCUT2D eigenvalue weighted by atomic mass is 10.2. The van der Waals surface area contributed by atoms with Crippen molar-refractivity contribution in [2.75, 3.05) is 11.9 Å². The van der Waals surface area contributed by atoms with E-state index in [1.807, 2.05) is 17.5 Å². The van der Waals surface area contributed by atoms with Crippen LogP contribution >= 0.6 is 11.3 Å². The molecule has 0 bridgehead atoms. The number of aromatic nitrogens is 3. The second-order valence-electron chi connectivity index (χ2n) is 4.71. The number of carbonyl (C=O) groups excluding carboxylic acids is 1. The molecule has 2 aromatic heterocycles.